The summed E-state index contributed by atoms with van der Waals surface area (Å²) in [5.41, 5.74) is 1.08. The normalized spacial score (nSPS) is 16.9. The average Bonchev–Trinajstić information content (AvgIpc) is 2.41. The number of nitrogens with zero attached hydrogens (tertiary/aromatic N) is 2. The number of rotatable bonds is 4. The Balaban J connectivity index is 2.03. The van der Waals surface area contributed by atoms with Crippen LogP contribution in [-0.4, -0.2) is 49.3 Å². The van der Waals surface area contributed by atoms with Gasteiger partial charge in [-0.15, -0.1) is 0 Å². The van der Waals surface area contributed by atoms with E-state index in [2.05, 4.69) is 16.7 Å². The van der Waals surface area contributed by atoms with Crippen LogP contribution in [0.5, 0.6) is 11.5 Å². The highest BCUT2D eigenvalue weighted by Crippen LogP contribution is 2.31. The molecule has 18 heavy (non-hydrogen) atoms. The first-order valence-corrected chi connectivity index (χ1v) is 6.67. The van der Waals surface area contributed by atoms with Crippen molar-refractivity contribution < 1.29 is 9.84 Å². The van der Waals surface area contributed by atoms with E-state index in [0.29, 0.717) is 12.4 Å². The lowest BCUT2D eigenvalue weighted by Gasteiger charge is -2.35. The number of hydrogen-bond acceptors (Lipinski definition) is 4. The van der Waals surface area contributed by atoms with Crippen molar-refractivity contribution in [2.75, 3.05) is 44.2 Å². The molecule has 1 saturated heterocycles. The Hall–Kier alpha value is -1.42. The Morgan fingerprint density at radius 2 is 1.89 bits per heavy atom. The molecular formula is C14H22N2O2. The molecule has 0 aliphatic carbocycles. The quantitative estimate of drug-likeness (QED) is 0.886. The van der Waals surface area contributed by atoms with E-state index in [-0.39, 0.29) is 5.75 Å². The van der Waals surface area contributed by atoms with E-state index in [1.54, 1.807) is 6.07 Å². The van der Waals surface area contributed by atoms with Crippen LogP contribution in [0.4, 0.5) is 5.69 Å². The average molecular weight is 250 g/mol. The molecule has 4 heteroatoms. The summed E-state index contributed by atoms with van der Waals surface area (Å²) < 4.78 is 5.34. The fourth-order valence-electron chi connectivity index (χ4n) is 2.30. The van der Waals surface area contributed by atoms with Gasteiger partial charge in [-0.05, 0) is 25.6 Å². The zero-order valence-corrected chi connectivity index (χ0v) is 11.2. The highest BCUT2D eigenvalue weighted by molar-refractivity contribution is 5.56. The maximum Gasteiger partial charge on any atom is 0.161 e. The van der Waals surface area contributed by atoms with E-state index >= 15 is 0 Å². The lowest BCUT2D eigenvalue weighted by molar-refractivity contribution is 0.271. The molecule has 1 N–H and O–H groups in total. The van der Waals surface area contributed by atoms with Crippen molar-refractivity contribution in [3.63, 3.8) is 0 Å². The van der Waals surface area contributed by atoms with Crippen molar-refractivity contribution in [3.05, 3.63) is 18.2 Å². The molecule has 0 unspecified atom stereocenters. The van der Waals surface area contributed by atoms with Gasteiger partial charge in [0, 0.05) is 37.9 Å². The van der Waals surface area contributed by atoms with Crippen LogP contribution in [-0.2, 0) is 0 Å². The monoisotopic (exact) mass is 250 g/mol. The van der Waals surface area contributed by atoms with Gasteiger partial charge >= 0.3 is 0 Å². The van der Waals surface area contributed by atoms with Gasteiger partial charge in [-0.25, -0.2) is 0 Å². The minimum Gasteiger partial charge on any atom is -0.504 e. The first-order chi connectivity index (χ1) is 8.74. The zero-order chi connectivity index (χ0) is 13.0. The van der Waals surface area contributed by atoms with Gasteiger partial charge in [0.15, 0.2) is 11.5 Å². The highest BCUT2D eigenvalue weighted by Gasteiger charge is 2.16. The molecule has 0 bridgehead atoms. The molecule has 1 fully saturated rings. The van der Waals surface area contributed by atoms with Crippen LogP contribution in [0.15, 0.2) is 18.2 Å². The first-order valence-electron chi connectivity index (χ1n) is 6.67. The fourth-order valence-corrected chi connectivity index (χ4v) is 2.30. The van der Waals surface area contributed by atoms with Crippen LogP contribution < -0.4 is 9.64 Å². The lowest BCUT2D eigenvalue weighted by atomic mass is 10.2. The van der Waals surface area contributed by atoms with Crippen LogP contribution >= 0.6 is 0 Å². The summed E-state index contributed by atoms with van der Waals surface area (Å²) in [4.78, 5) is 4.74. The van der Waals surface area contributed by atoms with Crippen LogP contribution in [0, 0.1) is 0 Å². The third-order valence-electron chi connectivity index (χ3n) is 3.43. The summed E-state index contributed by atoms with van der Waals surface area (Å²) in [7, 11) is 0. The third kappa shape index (κ3) is 2.88. The fraction of sp³-hybridized carbons (Fsp3) is 0.571. The highest BCUT2D eigenvalue weighted by atomic mass is 16.5. The number of hydrogen-bond donors (Lipinski definition) is 1. The van der Waals surface area contributed by atoms with Crippen LogP contribution in [0.1, 0.15) is 13.8 Å². The topological polar surface area (TPSA) is 35.9 Å². The molecule has 2 rings (SSSR count). The van der Waals surface area contributed by atoms with Gasteiger partial charge in [0.2, 0.25) is 0 Å². The number of aromatic hydroxyl groups is 1. The summed E-state index contributed by atoms with van der Waals surface area (Å²) >= 11 is 0. The Morgan fingerprint density at radius 1 is 1.17 bits per heavy atom. The van der Waals surface area contributed by atoms with E-state index in [4.69, 9.17) is 4.74 Å². The Kier molecular flexibility index (Phi) is 4.31. The van der Waals surface area contributed by atoms with Gasteiger partial charge < -0.3 is 19.6 Å². The Morgan fingerprint density at radius 3 is 2.44 bits per heavy atom. The molecule has 1 heterocycles. The summed E-state index contributed by atoms with van der Waals surface area (Å²) in [6, 6.07) is 5.67. The largest absolute Gasteiger partial charge is 0.504 e. The predicted octanol–water partition coefficient (Wildman–Crippen LogP) is 1.93. The third-order valence-corrected chi connectivity index (χ3v) is 3.43. The van der Waals surface area contributed by atoms with Gasteiger partial charge in [0.1, 0.15) is 0 Å². The van der Waals surface area contributed by atoms with Gasteiger partial charge in [-0.3, -0.25) is 0 Å². The summed E-state index contributed by atoms with van der Waals surface area (Å²) in [5.74, 6) is 0.792. The standard InChI is InChI=1S/C14H22N2O2/c1-3-15-7-9-16(10-8-15)12-5-6-14(18-4-2)13(17)11-12/h5-6,11,17H,3-4,7-10H2,1-2H3. The summed E-state index contributed by atoms with van der Waals surface area (Å²) in [5, 5.41) is 9.89. The van der Waals surface area contributed by atoms with Crippen molar-refractivity contribution in [1.29, 1.82) is 0 Å². The molecule has 1 aromatic carbocycles. The molecule has 1 aliphatic rings. The molecule has 100 valence electrons. The van der Waals surface area contributed by atoms with Crippen molar-refractivity contribution >= 4 is 5.69 Å². The van der Waals surface area contributed by atoms with Gasteiger partial charge in [-0.1, -0.05) is 6.92 Å². The molecular weight excluding hydrogens is 228 g/mol. The molecule has 0 radical (unpaired) electrons. The van der Waals surface area contributed by atoms with Gasteiger partial charge in [0.05, 0.1) is 6.61 Å². The van der Waals surface area contributed by atoms with E-state index in [0.717, 1.165) is 38.4 Å². The second-order valence-electron chi connectivity index (χ2n) is 4.51. The number of phenols is 1. The summed E-state index contributed by atoms with van der Waals surface area (Å²) in [6.07, 6.45) is 0. The summed E-state index contributed by atoms with van der Waals surface area (Å²) in [6.45, 7) is 10.00. The number of phenolic OH excluding ortho intramolecular Hbond substituents is 1. The van der Waals surface area contributed by atoms with Gasteiger partial charge in [0.25, 0.3) is 0 Å². The van der Waals surface area contributed by atoms with Crippen LogP contribution in [0.3, 0.4) is 0 Å². The van der Waals surface area contributed by atoms with Crippen molar-refractivity contribution in [2.24, 2.45) is 0 Å². The van der Waals surface area contributed by atoms with E-state index < -0.39 is 0 Å². The first kappa shape index (κ1) is 13.0. The molecule has 4 nitrogen and oxygen atoms in total. The lowest BCUT2D eigenvalue weighted by Crippen LogP contribution is -2.46. The number of likely N-dealkylation sites (N-methyl/N-ethyl adjacent to an activating group) is 1. The Bertz CT molecular complexity index is 387. The maximum absolute atomic E-state index is 9.89. The second-order valence-corrected chi connectivity index (χ2v) is 4.51. The number of anilines is 1. The van der Waals surface area contributed by atoms with E-state index in [9.17, 15) is 5.11 Å². The molecule has 1 aliphatic heterocycles. The minimum atomic E-state index is 0.229. The van der Waals surface area contributed by atoms with Crippen molar-refractivity contribution in [1.82, 2.24) is 4.90 Å². The number of piperazine rings is 1. The molecule has 0 aromatic heterocycles. The number of benzene rings is 1. The molecule has 0 amide bonds. The molecule has 0 saturated carbocycles. The van der Waals surface area contributed by atoms with Crippen molar-refractivity contribution in [3.8, 4) is 11.5 Å². The number of ether oxygens (including phenoxy) is 1. The van der Waals surface area contributed by atoms with Crippen molar-refractivity contribution in [2.45, 2.75) is 13.8 Å². The molecule has 0 atom stereocenters. The van der Waals surface area contributed by atoms with E-state index in [1.165, 1.54) is 0 Å². The van der Waals surface area contributed by atoms with Crippen LogP contribution in [0.2, 0.25) is 0 Å². The minimum absolute atomic E-state index is 0.229. The zero-order valence-electron chi connectivity index (χ0n) is 11.2. The van der Waals surface area contributed by atoms with Gasteiger partial charge in [-0.2, -0.15) is 0 Å². The van der Waals surface area contributed by atoms with E-state index in [1.807, 2.05) is 19.1 Å². The molecule has 0 spiro atoms. The second kappa shape index (κ2) is 5.96. The molecule has 1 aromatic rings. The smallest absolute Gasteiger partial charge is 0.161 e. The predicted molar refractivity (Wildman–Crippen MR) is 73.6 cm³/mol. The van der Waals surface area contributed by atoms with Crippen LogP contribution in [0.25, 0.3) is 0 Å². The SMILES string of the molecule is CCOc1ccc(N2CCN(CC)CC2)cc1O. The Labute approximate surface area is 109 Å². The maximum atomic E-state index is 9.89.